The average Bonchev–Trinajstić information content (AvgIpc) is 2.89. The molecule has 0 bridgehead atoms. The fraction of sp³-hybridized carbons (Fsp3) is 0.364. The van der Waals surface area contributed by atoms with E-state index in [9.17, 15) is 8.42 Å². The van der Waals surface area contributed by atoms with Gasteiger partial charge in [0.1, 0.15) is 4.21 Å². The number of likely N-dealkylation sites (N-methyl/N-ethyl adjacent to an activating group) is 1. The summed E-state index contributed by atoms with van der Waals surface area (Å²) in [5, 5.41) is 10.4. The molecule has 0 spiro atoms. The molecule has 0 saturated carbocycles. The summed E-state index contributed by atoms with van der Waals surface area (Å²) in [6, 6.07) is 3.41. The molecule has 0 aliphatic rings. The SMILES string of the molecule is CCNCCc1ccc(S(=O)(=O)Nc2nccnn2)s1. The van der Waals surface area contributed by atoms with Gasteiger partial charge in [-0.2, -0.15) is 5.10 Å². The molecule has 0 aliphatic carbocycles. The minimum Gasteiger partial charge on any atom is -0.317 e. The van der Waals surface area contributed by atoms with Crippen LogP contribution in [0.15, 0.2) is 28.7 Å². The van der Waals surface area contributed by atoms with E-state index in [0.717, 1.165) is 24.4 Å². The van der Waals surface area contributed by atoms with Crippen molar-refractivity contribution in [3.63, 3.8) is 0 Å². The van der Waals surface area contributed by atoms with Crippen LogP contribution in [0.2, 0.25) is 0 Å². The Hall–Kier alpha value is -1.58. The summed E-state index contributed by atoms with van der Waals surface area (Å²) in [6.07, 6.45) is 3.56. The van der Waals surface area contributed by atoms with E-state index in [1.807, 2.05) is 13.0 Å². The van der Waals surface area contributed by atoms with Gasteiger partial charge in [-0.15, -0.1) is 16.4 Å². The van der Waals surface area contributed by atoms with E-state index >= 15 is 0 Å². The maximum Gasteiger partial charge on any atom is 0.273 e. The Morgan fingerprint density at radius 2 is 2.15 bits per heavy atom. The second kappa shape index (κ2) is 6.73. The lowest BCUT2D eigenvalue weighted by atomic mass is 10.3. The van der Waals surface area contributed by atoms with Crippen molar-refractivity contribution in [2.24, 2.45) is 0 Å². The summed E-state index contributed by atoms with van der Waals surface area (Å²) in [5.74, 6) is -0.0323. The van der Waals surface area contributed by atoms with Gasteiger partial charge >= 0.3 is 0 Å². The van der Waals surface area contributed by atoms with Crippen molar-refractivity contribution < 1.29 is 8.42 Å². The van der Waals surface area contributed by atoms with Gasteiger partial charge in [-0.25, -0.2) is 18.1 Å². The molecular formula is C11H15N5O2S2. The molecule has 7 nitrogen and oxygen atoms in total. The van der Waals surface area contributed by atoms with Crippen LogP contribution >= 0.6 is 11.3 Å². The minimum absolute atomic E-state index is 0.0323. The first kappa shape index (κ1) is 14.8. The molecule has 20 heavy (non-hydrogen) atoms. The van der Waals surface area contributed by atoms with E-state index in [-0.39, 0.29) is 10.2 Å². The Morgan fingerprint density at radius 3 is 2.85 bits per heavy atom. The zero-order valence-electron chi connectivity index (χ0n) is 10.9. The van der Waals surface area contributed by atoms with Crippen molar-refractivity contribution in [1.82, 2.24) is 20.5 Å². The number of nitrogens with one attached hydrogen (secondary N) is 2. The molecule has 2 rings (SSSR count). The Labute approximate surface area is 121 Å². The van der Waals surface area contributed by atoms with Crippen molar-refractivity contribution in [2.45, 2.75) is 17.6 Å². The molecule has 2 aromatic rings. The number of aromatic nitrogens is 3. The van der Waals surface area contributed by atoms with Gasteiger partial charge in [0.25, 0.3) is 16.0 Å². The average molecular weight is 313 g/mol. The van der Waals surface area contributed by atoms with Gasteiger partial charge in [0, 0.05) is 4.88 Å². The summed E-state index contributed by atoms with van der Waals surface area (Å²) in [7, 11) is -3.64. The number of thiophene rings is 1. The first-order valence-corrected chi connectivity index (χ1v) is 8.37. The van der Waals surface area contributed by atoms with Crippen LogP contribution < -0.4 is 10.0 Å². The molecule has 0 aliphatic heterocycles. The van der Waals surface area contributed by atoms with Crippen LogP contribution in [0.3, 0.4) is 0 Å². The molecule has 0 fully saturated rings. The number of sulfonamides is 1. The molecule has 0 amide bonds. The maximum atomic E-state index is 12.1. The Kier molecular flexibility index (Phi) is 4.99. The molecule has 0 unspecified atom stereocenters. The summed E-state index contributed by atoms with van der Waals surface area (Å²) >= 11 is 1.24. The van der Waals surface area contributed by atoms with Crippen molar-refractivity contribution in [2.75, 3.05) is 17.8 Å². The fourth-order valence-electron chi connectivity index (χ4n) is 1.49. The highest BCUT2D eigenvalue weighted by molar-refractivity contribution is 7.94. The van der Waals surface area contributed by atoms with Crippen LogP contribution in [0.25, 0.3) is 0 Å². The topological polar surface area (TPSA) is 96.9 Å². The van der Waals surface area contributed by atoms with E-state index in [2.05, 4.69) is 25.2 Å². The first-order chi connectivity index (χ1) is 9.62. The third-order valence-corrected chi connectivity index (χ3v) is 5.37. The second-order valence-electron chi connectivity index (χ2n) is 3.90. The molecular weight excluding hydrogens is 298 g/mol. The van der Waals surface area contributed by atoms with Gasteiger partial charge in [0.15, 0.2) is 0 Å². The van der Waals surface area contributed by atoms with Crippen LogP contribution in [0.1, 0.15) is 11.8 Å². The Morgan fingerprint density at radius 1 is 1.30 bits per heavy atom. The van der Waals surface area contributed by atoms with Gasteiger partial charge in [-0.1, -0.05) is 6.92 Å². The molecule has 2 heterocycles. The summed E-state index contributed by atoms with van der Waals surface area (Å²) in [6.45, 7) is 3.76. The molecule has 0 radical (unpaired) electrons. The molecule has 0 aromatic carbocycles. The summed E-state index contributed by atoms with van der Waals surface area (Å²) < 4.78 is 26.8. The van der Waals surface area contributed by atoms with Crippen LogP contribution in [0, 0.1) is 0 Å². The van der Waals surface area contributed by atoms with Crippen LogP contribution in [-0.2, 0) is 16.4 Å². The Balaban J connectivity index is 2.06. The van der Waals surface area contributed by atoms with E-state index < -0.39 is 10.0 Å². The lowest BCUT2D eigenvalue weighted by Crippen LogP contribution is -2.15. The lowest BCUT2D eigenvalue weighted by molar-refractivity contribution is 0.602. The molecule has 0 saturated heterocycles. The van der Waals surface area contributed by atoms with Gasteiger partial charge in [-0.3, -0.25) is 0 Å². The lowest BCUT2D eigenvalue weighted by Gasteiger charge is -2.02. The van der Waals surface area contributed by atoms with Crippen LogP contribution in [0.5, 0.6) is 0 Å². The minimum atomic E-state index is -3.64. The Bertz CT molecular complexity index is 642. The van der Waals surface area contributed by atoms with Crippen molar-refractivity contribution in [3.8, 4) is 0 Å². The molecule has 108 valence electrons. The zero-order chi connectivity index (χ0) is 14.4. The third kappa shape index (κ3) is 3.95. The highest BCUT2D eigenvalue weighted by Gasteiger charge is 2.18. The molecule has 9 heteroatoms. The van der Waals surface area contributed by atoms with Crippen LogP contribution in [-0.4, -0.2) is 36.7 Å². The number of nitrogens with zero attached hydrogens (tertiary/aromatic N) is 3. The molecule has 2 N–H and O–H groups in total. The van der Waals surface area contributed by atoms with E-state index in [0.29, 0.717) is 0 Å². The standard InChI is InChI=1S/C11H15N5O2S2/c1-2-12-6-5-9-3-4-10(19-9)20(17,18)16-11-13-7-8-14-15-11/h3-4,7-8,12H,2,5-6H2,1H3,(H,13,15,16). The van der Waals surface area contributed by atoms with Crippen molar-refractivity contribution >= 4 is 27.3 Å². The first-order valence-electron chi connectivity index (χ1n) is 6.08. The maximum absolute atomic E-state index is 12.1. The normalized spacial score (nSPS) is 11.4. The van der Waals surface area contributed by atoms with Gasteiger partial charge in [0.05, 0.1) is 12.4 Å². The molecule has 2 aromatic heterocycles. The number of anilines is 1. The van der Waals surface area contributed by atoms with Gasteiger partial charge in [-0.05, 0) is 31.6 Å². The van der Waals surface area contributed by atoms with E-state index in [1.165, 1.54) is 23.7 Å². The third-order valence-electron chi connectivity index (χ3n) is 2.41. The second-order valence-corrected chi connectivity index (χ2v) is 6.97. The monoisotopic (exact) mass is 313 g/mol. The fourth-order valence-corrected chi connectivity index (χ4v) is 3.79. The van der Waals surface area contributed by atoms with E-state index in [4.69, 9.17) is 0 Å². The predicted molar refractivity (Wildman–Crippen MR) is 77.2 cm³/mol. The predicted octanol–water partition coefficient (Wildman–Crippen LogP) is 0.886. The van der Waals surface area contributed by atoms with Crippen molar-refractivity contribution in [1.29, 1.82) is 0 Å². The van der Waals surface area contributed by atoms with Crippen LogP contribution in [0.4, 0.5) is 5.95 Å². The number of rotatable bonds is 7. The number of hydrogen-bond donors (Lipinski definition) is 2. The zero-order valence-corrected chi connectivity index (χ0v) is 12.5. The summed E-state index contributed by atoms with van der Waals surface area (Å²) in [5.41, 5.74) is 0. The van der Waals surface area contributed by atoms with Crippen molar-refractivity contribution in [3.05, 3.63) is 29.4 Å². The smallest absolute Gasteiger partial charge is 0.273 e. The highest BCUT2D eigenvalue weighted by Crippen LogP contribution is 2.23. The molecule has 0 atom stereocenters. The van der Waals surface area contributed by atoms with E-state index in [1.54, 1.807) is 6.07 Å². The largest absolute Gasteiger partial charge is 0.317 e. The van der Waals surface area contributed by atoms with Gasteiger partial charge in [0.2, 0.25) is 0 Å². The summed E-state index contributed by atoms with van der Waals surface area (Å²) in [4.78, 5) is 4.80. The highest BCUT2D eigenvalue weighted by atomic mass is 32.2. The quantitative estimate of drug-likeness (QED) is 0.737. The van der Waals surface area contributed by atoms with Gasteiger partial charge < -0.3 is 5.32 Å². The number of hydrogen-bond acceptors (Lipinski definition) is 7.